The van der Waals surface area contributed by atoms with Gasteiger partial charge in [-0.2, -0.15) is 0 Å². The van der Waals surface area contributed by atoms with Gasteiger partial charge in [0.05, 0.1) is 10.9 Å². The third kappa shape index (κ3) is 1.78. The predicted octanol–water partition coefficient (Wildman–Crippen LogP) is 1.06. The number of aryl methyl sites for hydroxylation is 1. The van der Waals surface area contributed by atoms with Gasteiger partial charge in [-0.25, -0.2) is 5.10 Å². The number of fused-ring (bicyclic) bond motifs is 3. The molecule has 1 aromatic carbocycles. The van der Waals surface area contributed by atoms with Gasteiger partial charge in [-0.15, -0.1) is 5.10 Å². The summed E-state index contributed by atoms with van der Waals surface area (Å²) in [5, 5.41) is 7.52. The van der Waals surface area contributed by atoms with Crippen LogP contribution in [0.3, 0.4) is 0 Å². The molecule has 0 spiro atoms. The zero-order valence-electron chi connectivity index (χ0n) is 10.2. The Bertz CT molecular complexity index is 860. The van der Waals surface area contributed by atoms with Crippen LogP contribution in [-0.2, 0) is 6.54 Å². The number of rotatable bonds is 3. The van der Waals surface area contributed by atoms with Crippen LogP contribution in [0, 0.1) is 4.77 Å². The van der Waals surface area contributed by atoms with Gasteiger partial charge >= 0.3 is 0 Å². The third-order valence-corrected chi connectivity index (χ3v) is 3.38. The standard InChI is InChI=1S/C12H13N5OS/c13-6-3-7-16-10(18)8-4-1-2-5-9(8)17-11(16)14-15-12(17)19/h1-2,4-5H,3,6-7,13H2,(H,15,19). The molecule has 2 aromatic heterocycles. The van der Waals surface area contributed by atoms with Crippen LogP contribution in [0.1, 0.15) is 6.42 Å². The molecule has 0 aliphatic heterocycles. The lowest BCUT2D eigenvalue weighted by molar-refractivity contribution is 0.638. The summed E-state index contributed by atoms with van der Waals surface area (Å²) in [6, 6.07) is 7.37. The molecule has 19 heavy (non-hydrogen) atoms. The van der Waals surface area contributed by atoms with Crippen LogP contribution < -0.4 is 11.3 Å². The van der Waals surface area contributed by atoms with Crippen molar-refractivity contribution < 1.29 is 0 Å². The van der Waals surface area contributed by atoms with Crippen molar-refractivity contribution in [2.75, 3.05) is 6.54 Å². The molecule has 0 radical (unpaired) electrons. The Morgan fingerprint density at radius 2 is 2.16 bits per heavy atom. The van der Waals surface area contributed by atoms with Crippen molar-refractivity contribution in [3.05, 3.63) is 39.4 Å². The molecule has 0 saturated carbocycles. The van der Waals surface area contributed by atoms with Crippen molar-refractivity contribution in [1.82, 2.24) is 19.2 Å². The molecule has 3 N–H and O–H groups in total. The molecule has 0 atom stereocenters. The summed E-state index contributed by atoms with van der Waals surface area (Å²) in [6.45, 7) is 1.06. The van der Waals surface area contributed by atoms with E-state index in [0.717, 1.165) is 5.52 Å². The number of nitrogens with zero attached hydrogens (tertiary/aromatic N) is 3. The number of aromatic nitrogens is 4. The highest BCUT2D eigenvalue weighted by molar-refractivity contribution is 7.71. The number of benzene rings is 1. The van der Waals surface area contributed by atoms with E-state index in [1.54, 1.807) is 15.0 Å². The van der Waals surface area contributed by atoms with E-state index in [-0.39, 0.29) is 5.56 Å². The molecule has 0 aliphatic rings. The fourth-order valence-electron chi connectivity index (χ4n) is 2.22. The van der Waals surface area contributed by atoms with Crippen molar-refractivity contribution in [2.45, 2.75) is 13.0 Å². The zero-order chi connectivity index (χ0) is 13.4. The first-order chi connectivity index (χ1) is 9.24. The van der Waals surface area contributed by atoms with Crippen molar-refractivity contribution in [3.63, 3.8) is 0 Å². The van der Waals surface area contributed by atoms with E-state index >= 15 is 0 Å². The summed E-state index contributed by atoms with van der Waals surface area (Å²) in [6.07, 6.45) is 0.716. The number of para-hydroxylation sites is 1. The van der Waals surface area contributed by atoms with Gasteiger partial charge in [-0.3, -0.25) is 13.8 Å². The first-order valence-electron chi connectivity index (χ1n) is 6.03. The van der Waals surface area contributed by atoms with Gasteiger partial charge in [0.25, 0.3) is 5.56 Å². The number of hydrogen-bond donors (Lipinski definition) is 2. The Labute approximate surface area is 113 Å². The molecular weight excluding hydrogens is 262 g/mol. The van der Waals surface area contributed by atoms with Gasteiger partial charge in [-0.1, -0.05) is 12.1 Å². The first-order valence-corrected chi connectivity index (χ1v) is 6.43. The molecule has 7 heteroatoms. The van der Waals surface area contributed by atoms with Gasteiger partial charge in [-0.05, 0) is 37.3 Å². The van der Waals surface area contributed by atoms with Crippen LogP contribution >= 0.6 is 12.2 Å². The SMILES string of the molecule is NCCCn1c(=O)c2ccccc2n2c(=S)[nH]nc12. The fourth-order valence-corrected chi connectivity index (χ4v) is 2.45. The van der Waals surface area contributed by atoms with Crippen LogP contribution in [-0.4, -0.2) is 25.7 Å². The second-order valence-corrected chi connectivity index (χ2v) is 4.67. The molecule has 0 bridgehead atoms. The van der Waals surface area contributed by atoms with Crippen LogP contribution in [0.25, 0.3) is 16.7 Å². The topological polar surface area (TPSA) is 81.1 Å². The molecule has 0 fully saturated rings. The van der Waals surface area contributed by atoms with E-state index in [2.05, 4.69) is 10.2 Å². The minimum Gasteiger partial charge on any atom is -0.330 e. The highest BCUT2D eigenvalue weighted by Gasteiger charge is 2.12. The maximum atomic E-state index is 12.5. The second-order valence-electron chi connectivity index (χ2n) is 4.28. The minimum absolute atomic E-state index is 0.0643. The van der Waals surface area contributed by atoms with E-state index in [1.165, 1.54) is 0 Å². The number of H-pyrrole nitrogens is 1. The lowest BCUT2D eigenvalue weighted by Gasteiger charge is -2.09. The van der Waals surface area contributed by atoms with Crippen molar-refractivity contribution in [3.8, 4) is 0 Å². The largest absolute Gasteiger partial charge is 0.330 e. The number of nitrogens with one attached hydrogen (secondary N) is 1. The second kappa shape index (κ2) is 4.60. The summed E-state index contributed by atoms with van der Waals surface area (Å²) in [7, 11) is 0. The number of nitrogens with two attached hydrogens (primary N) is 1. The average molecular weight is 275 g/mol. The Morgan fingerprint density at radius 3 is 2.95 bits per heavy atom. The highest BCUT2D eigenvalue weighted by atomic mass is 32.1. The zero-order valence-corrected chi connectivity index (χ0v) is 11.0. The van der Waals surface area contributed by atoms with Crippen LogP contribution in [0.2, 0.25) is 0 Å². The third-order valence-electron chi connectivity index (χ3n) is 3.10. The van der Waals surface area contributed by atoms with Gasteiger partial charge in [0.2, 0.25) is 10.5 Å². The molecule has 6 nitrogen and oxygen atoms in total. The van der Waals surface area contributed by atoms with Crippen LogP contribution in [0.5, 0.6) is 0 Å². The molecule has 0 unspecified atom stereocenters. The normalized spacial score (nSPS) is 11.4. The maximum absolute atomic E-state index is 12.5. The first kappa shape index (κ1) is 12.1. The Morgan fingerprint density at radius 1 is 1.37 bits per heavy atom. The van der Waals surface area contributed by atoms with E-state index in [9.17, 15) is 4.79 Å². The summed E-state index contributed by atoms with van der Waals surface area (Å²) in [4.78, 5) is 12.5. The minimum atomic E-state index is -0.0643. The molecule has 3 rings (SSSR count). The monoisotopic (exact) mass is 275 g/mol. The molecule has 3 aromatic rings. The summed E-state index contributed by atoms with van der Waals surface area (Å²) in [5.74, 6) is 0.530. The summed E-state index contributed by atoms with van der Waals surface area (Å²) in [5.41, 5.74) is 6.22. The predicted molar refractivity (Wildman–Crippen MR) is 75.8 cm³/mol. The summed E-state index contributed by atoms with van der Waals surface area (Å²) < 4.78 is 3.87. The molecule has 0 amide bonds. The highest BCUT2D eigenvalue weighted by Crippen LogP contribution is 2.12. The van der Waals surface area contributed by atoms with Crippen LogP contribution in [0.15, 0.2) is 29.1 Å². The van der Waals surface area contributed by atoms with Gasteiger partial charge in [0.15, 0.2) is 0 Å². The lowest BCUT2D eigenvalue weighted by atomic mass is 10.2. The summed E-state index contributed by atoms with van der Waals surface area (Å²) >= 11 is 5.23. The number of aromatic amines is 1. The van der Waals surface area contributed by atoms with Gasteiger partial charge in [0.1, 0.15) is 0 Å². The maximum Gasteiger partial charge on any atom is 0.262 e. The molecule has 98 valence electrons. The van der Waals surface area contributed by atoms with Gasteiger partial charge in [0, 0.05) is 6.54 Å². The van der Waals surface area contributed by atoms with E-state index in [4.69, 9.17) is 18.0 Å². The quantitative estimate of drug-likeness (QED) is 0.700. The molecular formula is C12H13N5OS. The van der Waals surface area contributed by atoms with E-state index in [1.807, 2.05) is 18.2 Å². The van der Waals surface area contributed by atoms with Crippen molar-refractivity contribution >= 4 is 28.9 Å². The average Bonchev–Trinajstić information content (AvgIpc) is 2.81. The Kier molecular flexibility index (Phi) is 2.92. The lowest BCUT2D eigenvalue weighted by Crippen LogP contribution is -2.24. The fraction of sp³-hybridized carbons (Fsp3) is 0.250. The molecule has 0 aliphatic carbocycles. The van der Waals surface area contributed by atoms with Crippen LogP contribution in [0.4, 0.5) is 0 Å². The van der Waals surface area contributed by atoms with Crippen molar-refractivity contribution in [1.29, 1.82) is 0 Å². The molecule has 2 heterocycles. The van der Waals surface area contributed by atoms with Crippen molar-refractivity contribution in [2.24, 2.45) is 5.73 Å². The Balaban J connectivity index is 2.49. The number of hydrogen-bond acceptors (Lipinski definition) is 4. The van der Waals surface area contributed by atoms with E-state index in [0.29, 0.717) is 35.4 Å². The molecule has 0 saturated heterocycles. The Hall–Kier alpha value is -1.99. The smallest absolute Gasteiger partial charge is 0.262 e. The van der Waals surface area contributed by atoms with Gasteiger partial charge < -0.3 is 5.73 Å². The van der Waals surface area contributed by atoms with E-state index < -0.39 is 0 Å².